The molecule has 2 aromatic rings. The van der Waals surface area contributed by atoms with Crippen molar-refractivity contribution in [1.82, 2.24) is 5.32 Å². The van der Waals surface area contributed by atoms with Crippen molar-refractivity contribution in [3.8, 4) is 17.2 Å². The van der Waals surface area contributed by atoms with E-state index in [-0.39, 0.29) is 17.4 Å². The van der Waals surface area contributed by atoms with Crippen LogP contribution in [0, 0.1) is 0 Å². The van der Waals surface area contributed by atoms with E-state index in [1.54, 1.807) is 18.2 Å². The monoisotopic (exact) mass is 394 g/mol. The van der Waals surface area contributed by atoms with Crippen LogP contribution in [0.25, 0.3) is 0 Å². The molecule has 0 atom stereocenters. The van der Waals surface area contributed by atoms with Gasteiger partial charge in [0.05, 0.1) is 24.8 Å². The van der Waals surface area contributed by atoms with Crippen LogP contribution in [0.4, 0.5) is 5.69 Å². The van der Waals surface area contributed by atoms with E-state index in [2.05, 4.69) is 10.0 Å². The molecule has 2 aromatic carbocycles. The first-order valence-electron chi connectivity index (χ1n) is 8.14. The zero-order valence-corrected chi connectivity index (χ0v) is 16.1. The molecule has 0 heterocycles. The average molecular weight is 394 g/mol. The van der Waals surface area contributed by atoms with Gasteiger partial charge in [0.2, 0.25) is 0 Å². The number of carbonyl (C=O) groups excluding carboxylic acids is 1. The highest BCUT2D eigenvalue weighted by Crippen LogP contribution is 2.30. The third kappa shape index (κ3) is 5.52. The Morgan fingerprint density at radius 3 is 2.44 bits per heavy atom. The Hall–Kier alpha value is -2.94. The lowest BCUT2D eigenvalue weighted by atomic mass is 10.3. The maximum absolute atomic E-state index is 12.6. The van der Waals surface area contributed by atoms with Crippen LogP contribution in [0.1, 0.15) is 6.92 Å². The van der Waals surface area contributed by atoms with E-state index in [1.165, 1.54) is 38.5 Å². The van der Waals surface area contributed by atoms with Crippen LogP contribution in [-0.2, 0) is 14.8 Å². The molecule has 146 valence electrons. The maximum atomic E-state index is 12.6. The number of hydrogen-bond donors (Lipinski definition) is 2. The van der Waals surface area contributed by atoms with Gasteiger partial charge in [-0.15, -0.1) is 0 Å². The van der Waals surface area contributed by atoms with Crippen molar-refractivity contribution in [2.24, 2.45) is 0 Å². The number of carbonyl (C=O) groups is 1. The molecule has 27 heavy (non-hydrogen) atoms. The minimum atomic E-state index is -3.85. The molecule has 0 saturated carbocycles. The number of ether oxygens (including phenoxy) is 3. The van der Waals surface area contributed by atoms with E-state index in [9.17, 15) is 13.2 Å². The summed E-state index contributed by atoms with van der Waals surface area (Å²) in [5, 5.41) is 2.61. The number of nitrogens with one attached hydrogen (secondary N) is 2. The molecule has 0 aliphatic heterocycles. The fourth-order valence-electron chi connectivity index (χ4n) is 2.24. The van der Waals surface area contributed by atoms with Gasteiger partial charge in [0.1, 0.15) is 5.75 Å². The van der Waals surface area contributed by atoms with Gasteiger partial charge in [0, 0.05) is 18.7 Å². The van der Waals surface area contributed by atoms with Crippen molar-refractivity contribution < 1.29 is 27.4 Å². The highest BCUT2D eigenvalue weighted by atomic mass is 32.2. The number of hydrogen-bond acceptors (Lipinski definition) is 6. The van der Waals surface area contributed by atoms with Crippen LogP contribution < -0.4 is 24.2 Å². The fraction of sp³-hybridized carbons (Fsp3) is 0.278. The molecule has 0 spiro atoms. The maximum Gasteiger partial charge on any atom is 0.262 e. The lowest BCUT2D eigenvalue weighted by molar-refractivity contribution is -0.122. The molecule has 0 aromatic heterocycles. The van der Waals surface area contributed by atoms with E-state index in [1.807, 2.05) is 6.92 Å². The molecule has 9 heteroatoms. The van der Waals surface area contributed by atoms with Gasteiger partial charge < -0.3 is 19.5 Å². The summed E-state index contributed by atoms with van der Waals surface area (Å²) in [6, 6.07) is 10.6. The van der Waals surface area contributed by atoms with E-state index >= 15 is 0 Å². The van der Waals surface area contributed by atoms with Gasteiger partial charge in [-0.2, -0.15) is 0 Å². The summed E-state index contributed by atoms with van der Waals surface area (Å²) in [6.07, 6.45) is 0. The predicted octanol–water partition coefficient (Wildman–Crippen LogP) is 2.02. The number of amides is 1. The molecule has 0 fully saturated rings. The zero-order valence-electron chi connectivity index (χ0n) is 15.3. The second-order valence-corrected chi connectivity index (χ2v) is 7.07. The number of benzene rings is 2. The second kappa shape index (κ2) is 9.13. The van der Waals surface area contributed by atoms with Gasteiger partial charge in [-0.25, -0.2) is 8.42 Å². The van der Waals surface area contributed by atoms with Crippen LogP contribution in [0.5, 0.6) is 17.2 Å². The first-order chi connectivity index (χ1) is 12.9. The topological polar surface area (TPSA) is 103 Å². The lowest BCUT2D eigenvalue weighted by Gasteiger charge is -2.12. The molecule has 0 bridgehead atoms. The molecule has 0 aliphatic carbocycles. The van der Waals surface area contributed by atoms with Gasteiger partial charge in [-0.3, -0.25) is 9.52 Å². The van der Waals surface area contributed by atoms with E-state index < -0.39 is 10.0 Å². The fourth-order valence-corrected chi connectivity index (χ4v) is 3.31. The summed E-state index contributed by atoms with van der Waals surface area (Å²) in [4.78, 5) is 11.5. The SMILES string of the molecule is CCNC(=O)COc1cccc(NS(=O)(=O)c2ccc(OC)c(OC)c2)c1. The quantitative estimate of drug-likeness (QED) is 0.675. The smallest absolute Gasteiger partial charge is 0.262 e. The standard InChI is InChI=1S/C18H22N2O6S/c1-4-19-18(21)12-26-14-7-5-6-13(10-14)20-27(22,23)15-8-9-16(24-2)17(11-15)25-3/h5-11,20H,4,12H2,1-3H3,(H,19,21). The highest BCUT2D eigenvalue weighted by molar-refractivity contribution is 7.92. The third-order valence-electron chi connectivity index (χ3n) is 3.50. The number of likely N-dealkylation sites (N-methyl/N-ethyl adjacent to an activating group) is 1. The second-order valence-electron chi connectivity index (χ2n) is 5.39. The molecule has 0 unspecified atom stereocenters. The Kier molecular flexibility index (Phi) is 6.89. The number of methoxy groups -OCH3 is 2. The number of anilines is 1. The largest absolute Gasteiger partial charge is 0.493 e. The molecule has 2 N–H and O–H groups in total. The van der Waals surface area contributed by atoms with Crippen molar-refractivity contribution in [2.75, 3.05) is 32.1 Å². The van der Waals surface area contributed by atoms with Crippen LogP contribution >= 0.6 is 0 Å². The van der Waals surface area contributed by atoms with Crippen LogP contribution in [0.3, 0.4) is 0 Å². The minimum Gasteiger partial charge on any atom is -0.493 e. The van der Waals surface area contributed by atoms with Crippen molar-refractivity contribution >= 4 is 21.6 Å². The van der Waals surface area contributed by atoms with Crippen LogP contribution in [-0.4, -0.2) is 41.7 Å². The average Bonchev–Trinajstić information content (AvgIpc) is 2.66. The van der Waals surface area contributed by atoms with E-state index in [0.29, 0.717) is 29.5 Å². The summed E-state index contributed by atoms with van der Waals surface area (Å²) in [7, 11) is -0.951. The Bertz CT molecular complexity index is 898. The number of rotatable bonds is 9. The van der Waals surface area contributed by atoms with E-state index in [0.717, 1.165) is 0 Å². The molecular weight excluding hydrogens is 372 g/mol. The first kappa shape index (κ1) is 20.4. The Balaban J connectivity index is 2.16. The van der Waals surface area contributed by atoms with Gasteiger partial charge >= 0.3 is 0 Å². The molecule has 2 rings (SSSR count). The first-order valence-corrected chi connectivity index (χ1v) is 9.62. The molecule has 0 aliphatic rings. The summed E-state index contributed by atoms with van der Waals surface area (Å²) in [5.41, 5.74) is 0.304. The normalized spacial score (nSPS) is 10.8. The van der Waals surface area contributed by atoms with Crippen LogP contribution in [0.2, 0.25) is 0 Å². The van der Waals surface area contributed by atoms with Crippen molar-refractivity contribution in [3.05, 3.63) is 42.5 Å². The van der Waals surface area contributed by atoms with Crippen molar-refractivity contribution in [2.45, 2.75) is 11.8 Å². The summed E-state index contributed by atoms with van der Waals surface area (Å²) in [5.74, 6) is 0.846. The van der Waals surface area contributed by atoms with Crippen LogP contribution in [0.15, 0.2) is 47.4 Å². The molecule has 0 radical (unpaired) electrons. The molecular formula is C18H22N2O6S. The molecule has 0 saturated heterocycles. The predicted molar refractivity (Wildman–Crippen MR) is 101 cm³/mol. The number of sulfonamides is 1. The van der Waals surface area contributed by atoms with Gasteiger partial charge in [-0.1, -0.05) is 6.07 Å². The highest BCUT2D eigenvalue weighted by Gasteiger charge is 2.17. The van der Waals surface area contributed by atoms with Gasteiger partial charge in [0.15, 0.2) is 18.1 Å². The summed E-state index contributed by atoms with van der Waals surface area (Å²) < 4.78 is 43.3. The molecule has 8 nitrogen and oxygen atoms in total. The lowest BCUT2D eigenvalue weighted by Crippen LogP contribution is -2.28. The Morgan fingerprint density at radius 1 is 1.04 bits per heavy atom. The summed E-state index contributed by atoms with van der Waals surface area (Å²) in [6.45, 7) is 2.16. The van der Waals surface area contributed by atoms with Crippen molar-refractivity contribution in [3.63, 3.8) is 0 Å². The third-order valence-corrected chi connectivity index (χ3v) is 4.87. The van der Waals surface area contributed by atoms with Gasteiger partial charge in [-0.05, 0) is 31.2 Å². The summed E-state index contributed by atoms with van der Waals surface area (Å²) >= 11 is 0. The Labute approximate surface area is 158 Å². The van der Waals surface area contributed by atoms with E-state index in [4.69, 9.17) is 14.2 Å². The van der Waals surface area contributed by atoms with Crippen molar-refractivity contribution in [1.29, 1.82) is 0 Å². The zero-order chi connectivity index (χ0) is 19.9. The Morgan fingerprint density at radius 2 is 1.78 bits per heavy atom. The minimum absolute atomic E-state index is 0.0220. The molecule has 1 amide bonds. The van der Waals surface area contributed by atoms with Gasteiger partial charge in [0.25, 0.3) is 15.9 Å².